The van der Waals surface area contributed by atoms with Gasteiger partial charge in [0.25, 0.3) is 0 Å². The first-order chi connectivity index (χ1) is 7.88. The first-order valence-electron chi connectivity index (χ1n) is 6.15. The van der Waals surface area contributed by atoms with Gasteiger partial charge in [-0.05, 0) is 25.7 Å². The highest BCUT2D eigenvalue weighted by molar-refractivity contribution is 7.11. The van der Waals surface area contributed by atoms with Gasteiger partial charge < -0.3 is 10.5 Å². The fraction of sp³-hybridized carbons (Fsp3) is 0.750. The van der Waals surface area contributed by atoms with Gasteiger partial charge >= 0.3 is 0 Å². The minimum Gasteiger partial charge on any atom is -0.381 e. The molecule has 3 nitrogen and oxygen atoms in total. The molecular formula is C12H18N2OS. The van der Waals surface area contributed by atoms with Gasteiger partial charge in [-0.25, -0.2) is 4.98 Å². The average Bonchev–Trinajstić information content (AvgIpc) is 3.10. The van der Waals surface area contributed by atoms with Crippen LogP contribution in [0.15, 0.2) is 0 Å². The first kappa shape index (κ1) is 10.7. The van der Waals surface area contributed by atoms with Gasteiger partial charge in [-0.15, -0.1) is 11.3 Å². The Labute approximate surface area is 100 Å². The third kappa shape index (κ3) is 2.01. The SMILES string of the molecule is NCc1sc(C2CCCOC2)nc1C1CC1. The molecule has 1 saturated carbocycles. The third-order valence-electron chi connectivity index (χ3n) is 3.40. The maximum atomic E-state index is 5.80. The molecule has 1 aromatic rings. The molecule has 1 atom stereocenters. The number of hydrogen-bond acceptors (Lipinski definition) is 4. The van der Waals surface area contributed by atoms with Crippen LogP contribution < -0.4 is 5.73 Å². The van der Waals surface area contributed by atoms with E-state index >= 15 is 0 Å². The molecule has 3 rings (SSSR count). The molecule has 1 aromatic heterocycles. The fourth-order valence-corrected chi connectivity index (χ4v) is 3.46. The molecule has 2 heterocycles. The molecule has 0 radical (unpaired) electrons. The van der Waals surface area contributed by atoms with E-state index in [-0.39, 0.29) is 0 Å². The van der Waals surface area contributed by atoms with Crippen LogP contribution in [0.25, 0.3) is 0 Å². The molecule has 1 saturated heterocycles. The summed E-state index contributed by atoms with van der Waals surface area (Å²) in [5, 5.41) is 1.27. The van der Waals surface area contributed by atoms with Crippen molar-refractivity contribution in [3.8, 4) is 0 Å². The van der Waals surface area contributed by atoms with Gasteiger partial charge in [0.1, 0.15) is 0 Å². The molecule has 2 fully saturated rings. The number of hydrogen-bond donors (Lipinski definition) is 1. The summed E-state index contributed by atoms with van der Waals surface area (Å²) in [5.74, 6) is 1.24. The smallest absolute Gasteiger partial charge is 0.0985 e. The highest BCUT2D eigenvalue weighted by atomic mass is 32.1. The maximum absolute atomic E-state index is 5.80. The van der Waals surface area contributed by atoms with Gasteiger partial charge in [-0.2, -0.15) is 0 Å². The van der Waals surface area contributed by atoms with Crippen LogP contribution in [0.5, 0.6) is 0 Å². The number of aromatic nitrogens is 1. The zero-order valence-corrected chi connectivity index (χ0v) is 10.3. The van der Waals surface area contributed by atoms with Crippen LogP contribution in [0.2, 0.25) is 0 Å². The molecule has 88 valence electrons. The lowest BCUT2D eigenvalue weighted by molar-refractivity contribution is 0.0803. The Bertz CT molecular complexity index is 367. The number of nitrogens with zero attached hydrogens (tertiary/aromatic N) is 1. The molecule has 4 heteroatoms. The molecule has 0 amide bonds. The Morgan fingerprint density at radius 3 is 2.81 bits per heavy atom. The second kappa shape index (κ2) is 4.43. The molecule has 2 aliphatic rings. The third-order valence-corrected chi connectivity index (χ3v) is 4.66. The monoisotopic (exact) mass is 238 g/mol. The van der Waals surface area contributed by atoms with E-state index in [0.717, 1.165) is 13.2 Å². The molecule has 0 aromatic carbocycles. The van der Waals surface area contributed by atoms with Crippen molar-refractivity contribution in [1.29, 1.82) is 0 Å². The summed E-state index contributed by atoms with van der Waals surface area (Å²) in [6, 6.07) is 0. The lowest BCUT2D eigenvalue weighted by Crippen LogP contribution is -2.15. The molecule has 1 aliphatic carbocycles. The van der Waals surface area contributed by atoms with Gasteiger partial charge in [0, 0.05) is 29.9 Å². The van der Waals surface area contributed by atoms with E-state index in [4.69, 9.17) is 15.5 Å². The normalized spacial score (nSPS) is 25.9. The summed E-state index contributed by atoms with van der Waals surface area (Å²) < 4.78 is 5.53. The largest absolute Gasteiger partial charge is 0.381 e. The topological polar surface area (TPSA) is 48.1 Å². The van der Waals surface area contributed by atoms with E-state index in [0.29, 0.717) is 18.4 Å². The van der Waals surface area contributed by atoms with E-state index in [1.165, 1.54) is 41.3 Å². The van der Waals surface area contributed by atoms with Crippen LogP contribution in [-0.2, 0) is 11.3 Å². The summed E-state index contributed by atoms with van der Waals surface area (Å²) in [5.41, 5.74) is 7.10. The van der Waals surface area contributed by atoms with E-state index in [1.54, 1.807) is 0 Å². The standard InChI is InChI=1S/C12H18N2OS/c13-6-10-11(8-3-4-8)14-12(16-10)9-2-1-5-15-7-9/h8-9H,1-7,13H2. The van der Waals surface area contributed by atoms with Crippen molar-refractivity contribution in [2.75, 3.05) is 13.2 Å². The van der Waals surface area contributed by atoms with Crippen LogP contribution in [0.3, 0.4) is 0 Å². The number of nitrogens with two attached hydrogens (primary N) is 1. The summed E-state index contributed by atoms with van der Waals surface area (Å²) in [7, 11) is 0. The predicted molar refractivity (Wildman–Crippen MR) is 64.8 cm³/mol. The number of thiazole rings is 1. The molecule has 2 N–H and O–H groups in total. The second-order valence-electron chi connectivity index (χ2n) is 4.75. The van der Waals surface area contributed by atoms with Crippen LogP contribution in [0.1, 0.15) is 53.1 Å². The van der Waals surface area contributed by atoms with Crippen molar-refractivity contribution in [2.45, 2.75) is 44.1 Å². The molecule has 0 spiro atoms. The zero-order chi connectivity index (χ0) is 11.0. The summed E-state index contributed by atoms with van der Waals surface area (Å²) in [4.78, 5) is 6.13. The Balaban J connectivity index is 1.83. The van der Waals surface area contributed by atoms with Crippen molar-refractivity contribution >= 4 is 11.3 Å². The van der Waals surface area contributed by atoms with Gasteiger partial charge in [0.2, 0.25) is 0 Å². The van der Waals surface area contributed by atoms with Crippen molar-refractivity contribution in [2.24, 2.45) is 5.73 Å². The second-order valence-corrected chi connectivity index (χ2v) is 5.87. The van der Waals surface area contributed by atoms with Crippen molar-refractivity contribution in [1.82, 2.24) is 4.98 Å². The summed E-state index contributed by atoms with van der Waals surface area (Å²) in [6.07, 6.45) is 5.00. The van der Waals surface area contributed by atoms with Gasteiger partial charge in [-0.3, -0.25) is 0 Å². The highest BCUT2D eigenvalue weighted by Crippen LogP contribution is 2.44. The number of rotatable bonds is 3. The van der Waals surface area contributed by atoms with E-state index < -0.39 is 0 Å². The molecular weight excluding hydrogens is 220 g/mol. The minimum atomic E-state index is 0.525. The fourth-order valence-electron chi connectivity index (χ4n) is 2.31. The van der Waals surface area contributed by atoms with Crippen molar-refractivity contribution in [3.05, 3.63) is 15.6 Å². The molecule has 1 unspecified atom stereocenters. The summed E-state index contributed by atoms with van der Waals surface area (Å²) >= 11 is 1.82. The Kier molecular flexibility index (Phi) is 2.96. The lowest BCUT2D eigenvalue weighted by Gasteiger charge is -2.19. The highest BCUT2D eigenvalue weighted by Gasteiger charge is 2.30. The van der Waals surface area contributed by atoms with Crippen LogP contribution in [0.4, 0.5) is 0 Å². The molecule has 1 aliphatic heterocycles. The summed E-state index contributed by atoms with van der Waals surface area (Å²) in [6.45, 7) is 2.42. The van der Waals surface area contributed by atoms with Crippen LogP contribution in [0, 0.1) is 0 Å². The lowest BCUT2D eigenvalue weighted by atomic mass is 10.0. The number of ether oxygens (including phenoxy) is 1. The van der Waals surface area contributed by atoms with E-state index in [1.807, 2.05) is 11.3 Å². The maximum Gasteiger partial charge on any atom is 0.0985 e. The quantitative estimate of drug-likeness (QED) is 0.879. The van der Waals surface area contributed by atoms with Crippen molar-refractivity contribution in [3.63, 3.8) is 0 Å². The zero-order valence-electron chi connectivity index (χ0n) is 9.45. The Hall–Kier alpha value is -0.450. The average molecular weight is 238 g/mol. The minimum absolute atomic E-state index is 0.525. The first-order valence-corrected chi connectivity index (χ1v) is 6.97. The van der Waals surface area contributed by atoms with Crippen LogP contribution in [-0.4, -0.2) is 18.2 Å². The predicted octanol–water partition coefficient (Wildman–Crippen LogP) is 2.37. The Morgan fingerprint density at radius 1 is 1.31 bits per heavy atom. The van der Waals surface area contributed by atoms with Crippen LogP contribution >= 0.6 is 11.3 Å². The Morgan fingerprint density at radius 2 is 2.19 bits per heavy atom. The van der Waals surface area contributed by atoms with Gasteiger partial charge in [0.05, 0.1) is 17.3 Å². The van der Waals surface area contributed by atoms with Gasteiger partial charge in [0.15, 0.2) is 0 Å². The van der Waals surface area contributed by atoms with E-state index in [9.17, 15) is 0 Å². The van der Waals surface area contributed by atoms with E-state index in [2.05, 4.69) is 0 Å². The van der Waals surface area contributed by atoms with Crippen molar-refractivity contribution < 1.29 is 4.74 Å². The van der Waals surface area contributed by atoms with Gasteiger partial charge in [-0.1, -0.05) is 0 Å². The molecule has 0 bridgehead atoms. The molecule has 16 heavy (non-hydrogen) atoms.